The molecule has 1 heterocycles. The molecule has 0 unspecified atom stereocenters. The van der Waals surface area contributed by atoms with Gasteiger partial charge in [-0.15, -0.1) is 0 Å². The van der Waals surface area contributed by atoms with Crippen LogP contribution in [-0.2, 0) is 15.9 Å². The van der Waals surface area contributed by atoms with Crippen molar-refractivity contribution in [1.82, 2.24) is 0 Å². The van der Waals surface area contributed by atoms with Crippen molar-refractivity contribution in [2.24, 2.45) is 0 Å². The molecule has 1 aliphatic heterocycles. The summed E-state index contributed by atoms with van der Waals surface area (Å²) >= 11 is 12.7. The van der Waals surface area contributed by atoms with Gasteiger partial charge in [0, 0.05) is 22.1 Å². The normalized spacial score (nSPS) is 17.6. The number of ether oxygens (including phenoxy) is 1. The molecule has 148 valence electrons. The van der Waals surface area contributed by atoms with Crippen molar-refractivity contribution < 1.29 is 23.9 Å². The van der Waals surface area contributed by atoms with E-state index in [1.807, 2.05) is 45.9 Å². The minimum atomic E-state index is -0.586. The molecule has 2 aromatic carbocycles. The number of aldehydes is 1. The third-order valence-electron chi connectivity index (χ3n) is 5.21. The van der Waals surface area contributed by atoms with Crippen LogP contribution in [0.1, 0.15) is 43.6 Å². The van der Waals surface area contributed by atoms with Gasteiger partial charge in [-0.05, 0) is 33.8 Å². The van der Waals surface area contributed by atoms with E-state index in [1.165, 1.54) is 12.1 Å². The number of carbonyl (C=O) groups is 1. The summed E-state index contributed by atoms with van der Waals surface area (Å²) in [6.45, 7) is 8.03. The largest absolute Gasteiger partial charge is 0.507 e. The van der Waals surface area contributed by atoms with Crippen LogP contribution < -0.4 is 10.2 Å². The SMILES string of the molecule is CC1(C)OB(c2cccc(COc3cc(O)c(C=O)cc3Cl)c2Cl)OC1(C)C. The Balaban J connectivity index is 1.81. The second-order valence-corrected chi connectivity index (χ2v) is 8.44. The molecule has 2 aromatic rings. The van der Waals surface area contributed by atoms with Gasteiger partial charge in [0.15, 0.2) is 6.29 Å². The molecular formula is C20H21BCl2O5. The van der Waals surface area contributed by atoms with Gasteiger partial charge in [-0.3, -0.25) is 4.79 Å². The van der Waals surface area contributed by atoms with E-state index in [-0.39, 0.29) is 28.7 Å². The number of rotatable bonds is 5. The van der Waals surface area contributed by atoms with E-state index in [9.17, 15) is 9.90 Å². The van der Waals surface area contributed by atoms with E-state index >= 15 is 0 Å². The lowest BCUT2D eigenvalue weighted by Gasteiger charge is -2.32. The maximum Gasteiger partial charge on any atom is 0.496 e. The van der Waals surface area contributed by atoms with Crippen molar-refractivity contribution in [3.8, 4) is 11.5 Å². The van der Waals surface area contributed by atoms with Crippen molar-refractivity contribution >= 4 is 42.1 Å². The van der Waals surface area contributed by atoms with Crippen LogP contribution in [0, 0.1) is 0 Å². The topological polar surface area (TPSA) is 65.0 Å². The predicted octanol–water partition coefficient (Wildman–Crippen LogP) is 4.39. The Hall–Kier alpha value is -1.73. The number of hydrogen-bond acceptors (Lipinski definition) is 5. The minimum Gasteiger partial charge on any atom is -0.507 e. The third kappa shape index (κ3) is 3.87. The molecule has 0 spiro atoms. The lowest BCUT2D eigenvalue weighted by atomic mass is 9.78. The predicted molar refractivity (Wildman–Crippen MR) is 110 cm³/mol. The molecule has 0 radical (unpaired) electrons. The maximum absolute atomic E-state index is 10.9. The van der Waals surface area contributed by atoms with E-state index in [1.54, 1.807) is 0 Å². The number of aromatic hydroxyl groups is 1. The fourth-order valence-electron chi connectivity index (χ4n) is 2.78. The average Bonchev–Trinajstić information content (AvgIpc) is 2.83. The first-order valence-corrected chi connectivity index (χ1v) is 9.55. The van der Waals surface area contributed by atoms with Crippen LogP contribution >= 0.6 is 23.2 Å². The monoisotopic (exact) mass is 422 g/mol. The Morgan fingerprint density at radius 3 is 2.39 bits per heavy atom. The van der Waals surface area contributed by atoms with Crippen LogP contribution in [0.5, 0.6) is 11.5 Å². The van der Waals surface area contributed by atoms with Gasteiger partial charge in [0.25, 0.3) is 0 Å². The molecule has 5 nitrogen and oxygen atoms in total. The highest BCUT2D eigenvalue weighted by atomic mass is 35.5. The summed E-state index contributed by atoms with van der Waals surface area (Å²) in [5.41, 5.74) is 0.575. The van der Waals surface area contributed by atoms with Gasteiger partial charge in [0.2, 0.25) is 0 Å². The molecule has 1 N–H and O–H groups in total. The highest BCUT2D eigenvalue weighted by molar-refractivity contribution is 6.65. The van der Waals surface area contributed by atoms with Crippen molar-refractivity contribution in [1.29, 1.82) is 0 Å². The number of carbonyl (C=O) groups excluding carboxylic acids is 1. The van der Waals surface area contributed by atoms with Crippen molar-refractivity contribution in [3.05, 3.63) is 51.5 Å². The highest BCUT2D eigenvalue weighted by Crippen LogP contribution is 2.37. The number of halogens is 2. The Morgan fingerprint density at radius 2 is 1.79 bits per heavy atom. The number of hydrogen-bond donors (Lipinski definition) is 1. The van der Waals surface area contributed by atoms with Gasteiger partial charge in [-0.1, -0.05) is 41.4 Å². The summed E-state index contributed by atoms with van der Waals surface area (Å²) in [6.07, 6.45) is 0.524. The molecule has 1 saturated heterocycles. The molecule has 1 aliphatic rings. The standard InChI is InChI=1S/C20H21BCl2O5/c1-19(2)20(3,4)28-21(27-19)14-7-5-6-12(18(14)23)11-26-17-9-16(25)13(10-24)8-15(17)22/h5-10,25H,11H2,1-4H3. The molecule has 1 fully saturated rings. The van der Waals surface area contributed by atoms with Gasteiger partial charge in [0.05, 0.1) is 21.8 Å². The second-order valence-electron chi connectivity index (χ2n) is 7.66. The van der Waals surface area contributed by atoms with Crippen LogP contribution in [-0.4, -0.2) is 29.7 Å². The lowest BCUT2D eigenvalue weighted by Crippen LogP contribution is -2.41. The van der Waals surface area contributed by atoms with Gasteiger partial charge in [0.1, 0.15) is 18.1 Å². The third-order valence-corrected chi connectivity index (χ3v) is 5.96. The van der Waals surface area contributed by atoms with E-state index < -0.39 is 18.3 Å². The first-order valence-electron chi connectivity index (χ1n) is 8.79. The molecule has 0 saturated carbocycles. The van der Waals surface area contributed by atoms with E-state index in [0.717, 1.165) is 0 Å². The van der Waals surface area contributed by atoms with Crippen LogP contribution in [0.3, 0.4) is 0 Å². The summed E-state index contributed by atoms with van der Waals surface area (Å²) in [4.78, 5) is 10.9. The van der Waals surface area contributed by atoms with Crippen LogP contribution in [0.25, 0.3) is 0 Å². The van der Waals surface area contributed by atoms with E-state index in [0.29, 0.717) is 22.3 Å². The molecule has 3 rings (SSSR count). The Morgan fingerprint density at radius 1 is 1.14 bits per heavy atom. The molecule has 0 aliphatic carbocycles. The lowest BCUT2D eigenvalue weighted by molar-refractivity contribution is 0.00578. The van der Waals surface area contributed by atoms with Crippen molar-refractivity contribution in [3.63, 3.8) is 0 Å². The summed E-state index contributed by atoms with van der Waals surface area (Å²) < 4.78 is 17.9. The summed E-state index contributed by atoms with van der Waals surface area (Å²) in [5, 5.41) is 10.5. The first-order chi connectivity index (χ1) is 13.1. The van der Waals surface area contributed by atoms with Crippen LogP contribution in [0.4, 0.5) is 0 Å². The first kappa shape index (κ1) is 21.0. The molecule has 0 bridgehead atoms. The van der Waals surface area contributed by atoms with Gasteiger partial charge >= 0.3 is 7.12 Å². The molecule has 28 heavy (non-hydrogen) atoms. The summed E-state index contributed by atoms with van der Waals surface area (Å²) in [7, 11) is -0.586. The van der Waals surface area contributed by atoms with Crippen molar-refractivity contribution in [2.45, 2.75) is 45.5 Å². The fraction of sp³-hybridized carbons (Fsp3) is 0.350. The number of phenols is 1. The fourth-order valence-corrected chi connectivity index (χ4v) is 3.28. The Bertz CT molecular complexity index is 898. The molecular weight excluding hydrogens is 402 g/mol. The van der Waals surface area contributed by atoms with E-state index in [4.69, 9.17) is 37.2 Å². The zero-order valence-corrected chi connectivity index (χ0v) is 17.6. The zero-order chi connectivity index (χ0) is 20.7. The molecule has 0 atom stereocenters. The smallest absolute Gasteiger partial charge is 0.496 e. The van der Waals surface area contributed by atoms with Gasteiger partial charge in [-0.2, -0.15) is 0 Å². The second kappa shape index (κ2) is 7.60. The van der Waals surface area contributed by atoms with Crippen molar-refractivity contribution in [2.75, 3.05) is 0 Å². The molecule has 8 heteroatoms. The average molecular weight is 423 g/mol. The summed E-state index contributed by atoms with van der Waals surface area (Å²) in [5.74, 6) is 0.0494. The number of phenolic OH excluding ortho intramolecular Hbond substituents is 1. The Labute approximate surface area is 174 Å². The van der Waals surface area contributed by atoms with Crippen LogP contribution in [0.15, 0.2) is 30.3 Å². The molecule has 0 aromatic heterocycles. The maximum atomic E-state index is 10.9. The highest BCUT2D eigenvalue weighted by Gasteiger charge is 2.52. The summed E-state index contributed by atoms with van der Waals surface area (Å²) in [6, 6.07) is 8.18. The van der Waals surface area contributed by atoms with Gasteiger partial charge < -0.3 is 19.2 Å². The van der Waals surface area contributed by atoms with Crippen LogP contribution in [0.2, 0.25) is 10.0 Å². The zero-order valence-electron chi connectivity index (χ0n) is 16.1. The van der Waals surface area contributed by atoms with Gasteiger partial charge in [-0.25, -0.2) is 0 Å². The molecule has 0 amide bonds. The number of benzene rings is 2. The quantitative estimate of drug-likeness (QED) is 0.571. The minimum absolute atomic E-state index is 0.0955. The Kier molecular flexibility index (Phi) is 5.70. The van der Waals surface area contributed by atoms with E-state index in [2.05, 4.69) is 0 Å².